The number of amides is 1. The van der Waals surface area contributed by atoms with Gasteiger partial charge in [0, 0.05) is 0 Å². The summed E-state index contributed by atoms with van der Waals surface area (Å²) in [5, 5.41) is 2.74. The standard InChI is InChI=1S/C11H20N2O3/c1-8(12)9(14)13-11(10(15)16-2)6-4-3-5-7-11/h8H,3-7,12H2,1-2H3,(H,13,14)/t8-/m0/s1. The van der Waals surface area contributed by atoms with E-state index in [9.17, 15) is 9.59 Å². The van der Waals surface area contributed by atoms with E-state index in [-0.39, 0.29) is 11.9 Å². The molecule has 0 aliphatic heterocycles. The van der Waals surface area contributed by atoms with Gasteiger partial charge in [0.15, 0.2) is 0 Å². The van der Waals surface area contributed by atoms with Crippen LogP contribution in [0.15, 0.2) is 0 Å². The maximum absolute atomic E-state index is 11.8. The van der Waals surface area contributed by atoms with Crippen molar-refractivity contribution in [3.05, 3.63) is 0 Å². The van der Waals surface area contributed by atoms with Crippen molar-refractivity contribution >= 4 is 11.9 Å². The molecule has 0 radical (unpaired) electrons. The van der Waals surface area contributed by atoms with Crippen LogP contribution in [0, 0.1) is 0 Å². The van der Waals surface area contributed by atoms with Crippen LogP contribution in [0.25, 0.3) is 0 Å². The Morgan fingerprint density at radius 3 is 2.31 bits per heavy atom. The molecule has 3 N–H and O–H groups in total. The average molecular weight is 228 g/mol. The lowest BCUT2D eigenvalue weighted by Crippen LogP contribution is -2.59. The molecule has 5 nitrogen and oxygen atoms in total. The Labute approximate surface area is 95.7 Å². The van der Waals surface area contributed by atoms with Crippen LogP contribution in [-0.2, 0) is 14.3 Å². The number of esters is 1. The molecule has 0 aromatic carbocycles. The first-order valence-electron chi connectivity index (χ1n) is 5.68. The van der Waals surface area contributed by atoms with Gasteiger partial charge in [-0.05, 0) is 19.8 Å². The molecule has 92 valence electrons. The molecule has 0 aromatic heterocycles. The summed E-state index contributed by atoms with van der Waals surface area (Å²) in [6.07, 6.45) is 4.21. The molecule has 0 saturated heterocycles. The second-order valence-corrected chi connectivity index (χ2v) is 4.41. The largest absolute Gasteiger partial charge is 0.467 e. The van der Waals surface area contributed by atoms with E-state index in [1.165, 1.54) is 7.11 Å². The van der Waals surface area contributed by atoms with Crippen molar-refractivity contribution < 1.29 is 14.3 Å². The number of nitrogens with two attached hydrogens (primary N) is 1. The fraction of sp³-hybridized carbons (Fsp3) is 0.818. The molecule has 1 atom stereocenters. The van der Waals surface area contributed by atoms with Crippen molar-refractivity contribution in [1.82, 2.24) is 5.32 Å². The summed E-state index contributed by atoms with van der Waals surface area (Å²) in [4.78, 5) is 23.4. The number of nitrogens with one attached hydrogen (secondary N) is 1. The van der Waals surface area contributed by atoms with Crippen molar-refractivity contribution in [3.8, 4) is 0 Å². The zero-order chi connectivity index (χ0) is 12.2. The highest BCUT2D eigenvalue weighted by molar-refractivity contribution is 5.90. The first-order valence-corrected chi connectivity index (χ1v) is 5.68. The Morgan fingerprint density at radius 2 is 1.88 bits per heavy atom. The lowest BCUT2D eigenvalue weighted by Gasteiger charge is -2.35. The normalized spacial score (nSPS) is 20.9. The summed E-state index contributed by atoms with van der Waals surface area (Å²) >= 11 is 0. The molecule has 0 unspecified atom stereocenters. The minimum atomic E-state index is -0.849. The second-order valence-electron chi connectivity index (χ2n) is 4.41. The minimum Gasteiger partial charge on any atom is -0.467 e. The zero-order valence-electron chi connectivity index (χ0n) is 9.91. The molecule has 0 spiro atoms. The van der Waals surface area contributed by atoms with Gasteiger partial charge in [-0.3, -0.25) is 4.79 Å². The lowest BCUT2D eigenvalue weighted by molar-refractivity contribution is -0.152. The van der Waals surface area contributed by atoms with Crippen molar-refractivity contribution in [2.75, 3.05) is 7.11 Å². The summed E-state index contributed by atoms with van der Waals surface area (Å²) in [5.41, 5.74) is 4.64. The lowest BCUT2D eigenvalue weighted by atomic mass is 9.81. The van der Waals surface area contributed by atoms with Crippen molar-refractivity contribution in [2.24, 2.45) is 5.73 Å². The van der Waals surface area contributed by atoms with Crippen LogP contribution in [-0.4, -0.2) is 30.6 Å². The summed E-state index contributed by atoms with van der Waals surface area (Å²) < 4.78 is 4.78. The van der Waals surface area contributed by atoms with Gasteiger partial charge in [0.25, 0.3) is 0 Å². The highest BCUT2D eigenvalue weighted by Crippen LogP contribution is 2.29. The van der Waals surface area contributed by atoms with Crippen LogP contribution in [0.2, 0.25) is 0 Å². The maximum atomic E-state index is 11.8. The van der Waals surface area contributed by atoms with E-state index >= 15 is 0 Å². The van der Waals surface area contributed by atoms with Crippen LogP contribution in [0.3, 0.4) is 0 Å². The second kappa shape index (κ2) is 5.30. The Morgan fingerprint density at radius 1 is 1.31 bits per heavy atom. The van der Waals surface area contributed by atoms with Crippen LogP contribution >= 0.6 is 0 Å². The third-order valence-electron chi connectivity index (χ3n) is 3.06. The van der Waals surface area contributed by atoms with E-state index in [0.29, 0.717) is 12.8 Å². The minimum absolute atomic E-state index is 0.299. The van der Waals surface area contributed by atoms with Crippen molar-refractivity contribution in [1.29, 1.82) is 0 Å². The molecule has 1 fully saturated rings. The van der Waals surface area contributed by atoms with E-state index in [0.717, 1.165) is 19.3 Å². The van der Waals surface area contributed by atoms with Gasteiger partial charge < -0.3 is 15.8 Å². The van der Waals surface area contributed by atoms with Gasteiger partial charge in [0.05, 0.1) is 13.2 Å². The molecular weight excluding hydrogens is 208 g/mol. The molecule has 1 amide bonds. The summed E-state index contributed by atoms with van der Waals surface area (Å²) in [7, 11) is 1.34. The predicted octanol–water partition coefficient (Wildman–Crippen LogP) is 0.326. The Hall–Kier alpha value is -1.10. The van der Waals surface area contributed by atoms with Gasteiger partial charge in [-0.15, -0.1) is 0 Å². The predicted molar refractivity (Wildman–Crippen MR) is 59.6 cm³/mol. The molecular formula is C11H20N2O3. The third-order valence-corrected chi connectivity index (χ3v) is 3.06. The number of rotatable bonds is 3. The van der Waals surface area contributed by atoms with Crippen LogP contribution < -0.4 is 11.1 Å². The highest BCUT2D eigenvalue weighted by Gasteiger charge is 2.42. The van der Waals surface area contributed by atoms with Gasteiger partial charge in [0.1, 0.15) is 5.54 Å². The molecule has 0 bridgehead atoms. The van der Waals surface area contributed by atoms with Crippen LogP contribution in [0.1, 0.15) is 39.0 Å². The molecule has 1 aliphatic rings. The van der Waals surface area contributed by atoms with Crippen molar-refractivity contribution in [3.63, 3.8) is 0 Å². The molecule has 1 aliphatic carbocycles. The molecule has 1 rings (SSSR count). The van der Waals surface area contributed by atoms with Gasteiger partial charge in [0.2, 0.25) is 5.91 Å². The Bertz CT molecular complexity index is 270. The molecule has 0 heterocycles. The van der Waals surface area contributed by atoms with Gasteiger partial charge in [-0.1, -0.05) is 19.3 Å². The SMILES string of the molecule is COC(=O)C1(NC(=O)[C@H](C)N)CCCCC1. The molecule has 16 heavy (non-hydrogen) atoms. The molecule has 5 heteroatoms. The number of carbonyl (C=O) groups excluding carboxylic acids is 2. The van der Waals surface area contributed by atoms with E-state index in [1.807, 2.05) is 0 Å². The number of hydrogen-bond donors (Lipinski definition) is 2. The quantitative estimate of drug-likeness (QED) is 0.682. The monoisotopic (exact) mass is 228 g/mol. The van der Waals surface area contributed by atoms with E-state index in [1.54, 1.807) is 6.92 Å². The van der Waals surface area contributed by atoms with E-state index in [2.05, 4.69) is 5.32 Å². The fourth-order valence-corrected chi connectivity index (χ4v) is 2.08. The Kier molecular flexibility index (Phi) is 4.29. The van der Waals surface area contributed by atoms with Crippen molar-refractivity contribution in [2.45, 2.75) is 50.6 Å². The topological polar surface area (TPSA) is 81.4 Å². The first kappa shape index (κ1) is 13.0. The number of methoxy groups -OCH3 is 1. The van der Waals surface area contributed by atoms with Gasteiger partial charge in [-0.25, -0.2) is 4.79 Å². The van der Waals surface area contributed by atoms with E-state index < -0.39 is 11.6 Å². The maximum Gasteiger partial charge on any atom is 0.331 e. The highest BCUT2D eigenvalue weighted by atomic mass is 16.5. The molecule has 1 saturated carbocycles. The first-order chi connectivity index (χ1) is 7.52. The van der Waals surface area contributed by atoms with E-state index in [4.69, 9.17) is 10.5 Å². The summed E-state index contributed by atoms with van der Waals surface area (Å²) in [5.74, 6) is -0.659. The van der Waals surface area contributed by atoms with Gasteiger partial charge in [-0.2, -0.15) is 0 Å². The van der Waals surface area contributed by atoms with Crippen LogP contribution in [0.4, 0.5) is 0 Å². The number of carbonyl (C=O) groups is 2. The van der Waals surface area contributed by atoms with Crippen LogP contribution in [0.5, 0.6) is 0 Å². The van der Waals surface area contributed by atoms with Gasteiger partial charge >= 0.3 is 5.97 Å². The third kappa shape index (κ3) is 2.72. The summed E-state index contributed by atoms with van der Waals surface area (Å²) in [6.45, 7) is 1.60. The average Bonchev–Trinajstić information content (AvgIpc) is 2.29. The fourth-order valence-electron chi connectivity index (χ4n) is 2.08. The smallest absolute Gasteiger partial charge is 0.331 e. The number of ether oxygens (including phenoxy) is 1. The summed E-state index contributed by atoms with van der Waals surface area (Å²) in [6, 6.07) is -0.608. The zero-order valence-corrected chi connectivity index (χ0v) is 9.91. The Balaban J connectivity index is 2.78. The molecule has 0 aromatic rings. The number of hydrogen-bond acceptors (Lipinski definition) is 4.